The molecular formula is C17H25NO5. The smallest absolute Gasteiger partial charge is 0.415 e. The van der Waals surface area contributed by atoms with E-state index in [1.807, 2.05) is 52.0 Å². The molecule has 6 nitrogen and oxygen atoms in total. The average molecular weight is 323 g/mol. The Kier molecular flexibility index (Phi) is 5.49. The van der Waals surface area contributed by atoms with Crippen LogP contribution in [0.2, 0.25) is 0 Å². The molecule has 1 amide bonds. The third-order valence-electron chi connectivity index (χ3n) is 3.78. The van der Waals surface area contributed by atoms with E-state index in [1.54, 1.807) is 7.11 Å². The largest absolute Gasteiger partial charge is 0.497 e. The fourth-order valence-corrected chi connectivity index (χ4v) is 2.82. The molecule has 0 aliphatic carbocycles. The van der Waals surface area contributed by atoms with Crippen molar-refractivity contribution in [3.8, 4) is 5.75 Å². The number of ether oxygens (including phenoxy) is 4. The Morgan fingerprint density at radius 2 is 1.74 bits per heavy atom. The van der Waals surface area contributed by atoms with E-state index in [-0.39, 0.29) is 6.04 Å². The number of carbonyl (C=O) groups excluding carboxylic acids is 1. The quantitative estimate of drug-likeness (QED) is 0.720. The zero-order valence-electron chi connectivity index (χ0n) is 14.4. The van der Waals surface area contributed by atoms with Crippen LogP contribution in [0.1, 0.15) is 39.3 Å². The molecule has 1 aliphatic rings. The molecule has 0 spiro atoms. The standard InChI is InChI=1S/C17H25NO5/c1-6-21-16(22-7-2)18-14(17(3,4)23-15(18)19)12-8-10-13(20-5)11-9-12/h8-11,14,16H,6-7H2,1-5H3/t14-/m1/s1. The van der Waals surface area contributed by atoms with Crippen molar-refractivity contribution in [1.82, 2.24) is 4.90 Å². The minimum atomic E-state index is -0.772. The van der Waals surface area contributed by atoms with Gasteiger partial charge in [-0.25, -0.2) is 9.69 Å². The molecule has 1 saturated heterocycles. The van der Waals surface area contributed by atoms with Gasteiger partial charge in [-0.2, -0.15) is 0 Å². The molecule has 0 unspecified atom stereocenters. The van der Waals surface area contributed by atoms with E-state index in [4.69, 9.17) is 18.9 Å². The number of cyclic esters (lactones) is 1. The molecule has 6 heteroatoms. The number of nitrogens with zero attached hydrogens (tertiary/aromatic N) is 1. The lowest BCUT2D eigenvalue weighted by atomic mass is 9.91. The Morgan fingerprint density at radius 3 is 2.22 bits per heavy atom. The van der Waals surface area contributed by atoms with Gasteiger partial charge < -0.3 is 18.9 Å². The molecule has 1 aromatic rings. The van der Waals surface area contributed by atoms with Crippen LogP contribution in [0.5, 0.6) is 5.75 Å². The highest BCUT2D eigenvalue weighted by atomic mass is 16.7. The maximum absolute atomic E-state index is 12.4. The molecule has 1 atom stereocenters. The van der Waals surface area contributed by atoms with Gasteiger partial charge in [0.05, 0.1) is 7.11 Å². The van der Waals surface area contributed by atoms with Crippen LogP contribution in [0.4, 0.5) is 4.79 Å². The summed E-state index contributed by atoms with van der Waals surface area (Å²) in [5.74, 6) is 0.759. The van der Waals surface area contributed by atoms with E-state index >= 15 is 0 Å². The lowest BCUT2D eigenvalue weighted by Gasteiger charge is -2.33. The Balaban J connectivity index is 2.38. The molecule has 0 bridgehead atoms. The van der Waals surface area contributed by atoms with Crippen molar-refractivity contribution in [2.45, 2.75) is 45.8 Å². The van der Waals surface area contributed by atoms with Gasteiger partial charge in [-0.3, -0.25) is 0 Å². The van der Waals surface area contributed by atoms with Gasteiger partial charge in [-0.05, 0) is 45.4 Å². The predicted molar refractivity (Wildman–Crippen MR) is 85.2 cm³/mol. The number of hydrogen-bond donors (Lipinski definition) is 0. The van der Waals surface area contributed by atoms with Crippen molar-refractivity contribution in [1.29, 1.82) is 0 Å². The Hall–Kier alpha value is -1.79. The second-order valence-corrected chi connectivity index (χ2v) is 5.77. The van der Waals surface area contributed by atoms with Gasteiger partial charge in [0.15, 0.2) is 0 Å². The van der Waals surface area contributed by atoms with Crippen LogP contribution in [0.15, 0.2) is 24.3 Å². The highest BCUT2D eigenvalue weighted by molar-refractivity contribution is 5.72. The third-order valence-corrected chi connectivity index (χ3v) is 3.78. The van der Waals surface area contributed by atoms with Crippen LogP contribution in [0.3, 0.4) is 0 Å². The fourth-order valence-electron chi connectivity index (χ4n) is 2.82. The molecule has 1 aromatic carbocycles. The first kappa shape index (κ1) is 17.6. The second-order valence-electron chi connectivity index (χ2n) is 5.77. The van der Waals surface area contributed by atoms with Crippen LogP contribution in [-0.2, 0) is 14.2 Å². The molecule has 1 heterocycles. The van der Waals surface area contributed by atoms with Gasteiger partial charge in [0.25, 0.3) is 0 Å². The molecular weight excluding hydrogens is 298 g/mol. The average Bonchev–Trinajstić information content (AvgIpc) is 2.76. The first-order valence-corrected chi connectivity index (χ1v) is 7.83. The number of methoxy groups -OCH3 is 1. The summed E-state index contributed by atoms with van der Waals surface area (Å²) in [6.07, 6.45) is -1.21. The van der Waals surface area contributed by atoms with Crippen LogP contribution >= 0.6 is 0 Å². The molecule has 2 rings (SSSR count). The van der Waals surface area contributed by atoms with E-state index in [2.05, 4.69) is 0 Å². The Bertz CT molecular complexity index is 522. The van der Waals surface area contributed by atoms with Crippen molar-refractivity contribution >= 4 is 6.09 Å². The van der Waals surface area contributed by atoms with Gasteiger partial charge in [0.2, 0.25) is 6.41 Å². The van der Waals surface area contributed by atoms with Crippen molar-refractivity contribution < 1.29 is 23.7 Å². The highest BCUT2D eigenvalue weighted by Crippen LogP contribution is 2.42. The molecule has 0 saturated carbocycles. The summed E-state index contributed by atoms with van der Waals surface area (Å²) in [6, 6.07) is 7.26. The van der Waals surface area contributed by atoms with Gasteiger partial charge in [0.1, 0.15) is 17.4 Å². The minimum absolute atomic E-state index is 0.316. The monoisotopic (exact) mass is 323 g/mol. The maximum Gasteiger partial charge on any atom is 0.415 e. The summed E-state index contributed by atoms with van der Waals surface area (Å²) >= 11 is 0. The van der Waals surface area contributed by atoms with Crippen LogP contribution in [0, 0.1) is 0 Å². The number of hydrogen-bond acceptors (Lipinski definition) is 5. The summed E-state index contributed by atoms with van der Waals surface area (Å²) in [5.41, 5.74) is 0.240. The predicted octanol–water partition coefficient (Wildman–Crippen LogP) is 3.32. The molecule has 0 aromatic heterocycles. The summed E-state index contributed by atoms with van der Waals surface area (Å²) in [7, 11) is 1.62. The summed E-state index contributed by atoms with van der Waals surface area (Å²) in [4.78, 5) is 13.9. The summed E-state index contributed by atoms with van der Waals surface area (Å²) in [6.45, 7) is 8.36. The van der Waals surface area contributed by atoms with Crippen molar-refractivity contribution in [3.63, 3.8) is 0 Å². The normalized spacial score (nSPS) is 20.0. The van der Waals surface area contributed by atoms with Gasteiger partial charge in [-0.1, -0.05) is 12.1 Å². The molecule has 128 valence electrons. The third kappa shape index (κ3) is 3.59. The topological polar surface area (TPSA) is 57.2 Å². The lowest BCUT2D eigenvalue weighted by molar-refractivity contribution is -0.211. The van der Waals surface area contributed by atoms with E-state index in [1.165, 1.54) is 4.90 Å². The fraction of sp³-hybridized carbons (Fsp3) is 0.588. The highest BCUT2D eigenvalue weighted by Gasteiger charge is 2.52. The number of benzene rings is 1. The van der Waals surface area contributed by atoms with Crippen molar-refractivity contribution in [2.75, 3.05) is 20.3 Å². The lowest BCUT2D eigenvalue weighted by Crippen LogP contribution is -2.43. The first-order chi connectivity index (χ1) is 10.9. The van der Waals surface area contributed by atoms with Crippen molar-refractivity contribution in [3.05, 3.63) is 29.8 Å². The van der Waals surface area contributed by atoms with E-state index in [9.17, 15) is 4.79 Å². The minimum Gasteiger partial charge on any atom is -0.497 e. The van der Waals surface area contributed by atoms with Crippen LogP contribution in [0.25, 0.3) is 0 Å². The first-order valence-electron chi connectivity index (χ1n) is 7.83. The molecule has 23 heavy (non-hydrogen) atoms. The number of amides is 1. The SMILES string of the molecule is CCOC(OCC)N1C(=O)OC(C)(C)[C@H]1c1ccc(OC)cc1. The second kappa shape index (κ2) is 7.19. The Morgan fingerprint density at radius 1 is 1.17 bits per heavy atom. The van der Waals surface area contributed by atoms with Crippen LogP contribution < -0.4 is 4.74 Å². The number of carbonyl (C=O) groups is 1. The van der Waals surface area contributed by atoms with Gasteiger partial charge >= 0.3 is 6.09 Å². The molecule has 1 aliphatic heterocycles. The Labute approximate surface area is 137 Å². The number of rotatable bonds is 7. The van der Waals surface area contributed by atoms with Gasteiger partial charge in [-0.15, -0.1) is 0 Å². The molecule has 1 fully saturated rings. The van der Waals surface area contributed by atoms with E-state index in [0.29, 0.717) is 13.2 Å². The molecule has 0 N–H and O–H groups in total. The van der Waals surface area contributed by atoms with E-state index < -0.39 is 18.1 Å². The zero-order chi connectivity index (χ0) is 17.0. The summed E-state index contributed by atoms with van der Waals surface area (Å²) < 4.78 is 22.0. The van der Waals surface area contributed by atoms with Crippen molar-refractivity contribution in [2.24, 2.45) is 0 Å². The van der Waals surface area contributed by atoms with E-state index in [0.717, 1.165) is 11.3 Å². The molecule has 0 radical (unpaired) electrons. The zero-order valence-corrected chi connectivity index (χ0v) is 14.4. The maximum atomic E-state index is 12.4. The van der Waals surface area contributed by atoms with Crippen LogP contribution in [-0.4, -0.2) is 43.3 Å². The summed E-state index contributed by atoms with van der Waals surface area (Å²) in [5, 5.41) is 0. The van der Waals surface area contributed by atoms with Gasteiger partial charge in [0, 0.05) is 13.2 Å².